The quantitative estimate of drug-likeness (QED) is 0.857. The van der Waals surface area contributed by atoms with Gasteiger partial charge in [0.1, 0.15) is 0 Å². The second kappa shape index (κ2) is 5.85. The molecule has 0 spiro atoms. The van der Waals surface area contributed by atoms with Crippen molar-refractivity contribution in [2.75, 3.05) is 12.4 Å². The number of hydrogen-bond acceptors (Lipinski definition) is 4. The Hall–Kier alpha value is -2.51. The van der Waals surface area contributed by atoms with Gasteiger partial charge in [-0.25, -0.2) is 8.42 Å². The lowest BCUT2D eigenvalue weighted by Gasteiger charge is -2.28. The number of likely N-dealkylation sites (N-methyl/N-ethyl adjacent to an activating group) is 1. The maximum absolute atomic E-state index is 12.6. The smallest absolute Gasteiger partial charge is 0.276 e. The molecule has 0 fully saturated rings. The highest BCUT2D eigenvalue weighted by Crippen LogP contribution is 2.35. The Labute approximate surface area is 144 Å². The molecule has 0 saturated carbocycles. The first-order chi connectivity index (χ1) is 11.3. The fourth-order valence-electron chi connectivity index (χ4n) is 2.43. The predicted octanol–water partition coefficient (Wildman–Crippen LogP) is 2.84. The predicted molar refractivity (Wildman–Crippen MR) is 91.0 cm³/mol. The normalized spacial score (nSPS) is 15.8. The molecule has 2 N–H and O–H groups in total. The van der Waals surface area contributed by atoms with Crippen molar-refractivity contribution >= 4 is 39.0 Å². The van der Waals surface area contributed by atoms with Crippen LogP contribution >= 0.6 is 11.6 Å². The Kier molecular flexibility index (Phi) is 3.98. The molecule has 0 bridgehead atoms. The molecule has 0 unspecified atom stereocenters. The van der Waals surface area contributed by atoms with Crippen LogP contribution in [-0.2, 0) is 14.8 Å². The summed E-state index contributed by atoms with van der Waals surface area (Å²) in [6.07, 6.45) is 0. The highest BCUT2D eigenvalue weighted by molar-refractivity contribution is 7.89. The Morgan fingerprint density at radius 2 is 1.75 bits per heavy atom. The van der Waals surface area contributed by atoms with Crippen LogP contribution in [0.5, 0.6) is 0 Å². The van der Waals surface area contributed by atoms with E-state index in [9.17, 15) is 18.3 Å². The molecule has 0 radical (unpaired) electrons. The van der Waals surface area contributed by atoms with E-state index in [4.69, 9.17) is 11.6 Å². The van der Waals surface area contributed by atoms with Crippen LogP contribution in [-0.4, -0.2) is 30.8 Å². The molecule has 0 saturated heterocycles. The second-order valence-electron chi connectivity index (χ2n) is 5.10. The van der Waals surface area contributed by atoms with Crippen molar-refractivity contribution in [2.24, 2.45) is 0 Å². The van der Waals surface area contributed by atoms with Gasteiger partial charge in [-0.2, -0.15) is 0 Å². The molecule has 0 aromatic heterocycles. The molecule has 3 rings (SSSR count). The van der Waals surface area contributed by atoms with Gasteiger partial charge >= 0.3 is 0 Å². The molecule has 2 aromatic rings. The lowest BCUT2D eigenvalue weighted by atomic mass is 10.1. The van der Waals surface area contributed by atoms with E-state index in [1.807, 2.05) is 0 Å². The summed E-state index contributed by atoms with van der Waals surface area (Å²) < 4.78 is 25.9. The topological polar surface area (TPSA) is 86.7 Å². The fourth-order valence-corrected chi connectivity index (χ4v) is 4.01. The molecule has 1 heterocycles. The fraction of sp³-hybridized carbons (Fsp3) is 0.0625. The van der Waals surface area contributed by atoms with E-state index in [2.05, 4.69) is 5.32 Å². The molecule has 1 aliphatic heterocycles. The van der Waals surface area contributed by atoms with Gasteiger partial charge in [-0.15, -0.1) is 0 Å². The van der Waals surface area contributed by atoms with E-state index in [-0.39, 0.29) is 16.2 Å². The Morgan fingerprint density at radius 3 is 2.46 bits per heavy atom. The number of halogens is 1. The van der Waals surface area contributed by atoms with Crippen molar-refractivity contribution in [3.05, 3.63) is 64.8 Å². The molecule has 1 aliphatic rings. The third-order valence-electron chi connectivity index (χ3n) is 3.66. The summed E-state index contributed by atoms with van der Waals surface area (Å²) >= 11 is 5.99. The van der Waals surface area contributed by atoms with Crippen molar-refractivity contribution in [2.45, 2.75) is 4.90 Å². The van der Waals surface area contributed by atoms with E-state index in [0.717, 1.165) is 4.31 Å². The summed E-state index contributed by atoms with van der Waals surface area (Å²) in [5, 5.41) is 13.2. The molecule has 1 amide bonds. The lowest BCUT2D eigenvalue weighted by molar-refractivity contribution is -0.113. The molecule has 2 aromatic carbocycles. The highest BCUT2D eigenvalue weighted by atomic mass is 35.5. The molecule has 0 aliphatic carbocycles. The summed E-state index contributed by atoms with van der Waals surface area (Å²) in [6, 6.07) is 12.5. The first-order valence-electron chi connectivity index (χ1n) is 6.91. The van der Waals surface area contributed by atoms with Crippen molar-refractivity contribution in [3.8, 4) is 0 Å². The maximum Gasteiger partial charge on any atom is 0.276 e. The zero-order chi connectivity index (χ0) is 17.5. The van der Waals surface area contributed by atoms with Crippen LogP contribution in [0.2, 0.25) is 5.02 Å². The van der Waals surface area contributed by atoms with Gasteiger partial charge in [-0.1, -0.05) is 35.9 Å². The summed E-state index contributed by atoms with van der Waals surface area (Å²) in [6.45, 7) is 0. The first-order valence-corrected chi connectivity index (χ1v) is 8.73. The van der Waals surface area contributed by atoms with Crippen molar-refractivity contribution in [1.82, 2.24) is 4.31 Å². The van der Waals surface area contributed by atoms with Crippen LogP contribution in [0.3, 0.4) is 0 Å². The van der Waals surface area contributed by atoms with Gasteiger partial charge < -0.3 is 10.4 Å². The highest BCUT2D eigenvalue weighted by Gasteiger charge is 2.37. The minimum atomic E-state index is -3.93. The standard InChI is InChI=1S/C16H13ClN2O4S/c1-19-14(16(21)18-12-8-4-3-7-11(12)17)15(20)10-6-2-5-9-13(10)24(19,22)23/h2-9,20H,1H3,(H,18,21). The number of nitrogens with one attached hydrogen (secondary N) is 1. The maximum atomic E-state index is 12.6. The van der Waals surface area contributed by atoms with Crippen molar-refractivity contribution in [1.29, 1.82) is 0 Å². The van der Waals surface area contributed by atoms with E-state index in [1.54, 1.807) is 36.4 Å². The number of aliphatic hydroxyl groups is 1. The van der Waals surface area contributed by atoms with Crippen molar-refractivity contribution < 1.29 is 18.3 Å². The summed E-state index contributed by atoms with van der Waals surface area (Å²) in [5.41, 5.74) is 0.0302. The van der Waals surface area contributed by atoms with E-state index < -0.39 is 21.7 Å². The Balaban J connectivity index is 2.10. The molecule has 24 heavy (non-hydrogen) atoms. The van der Waals surface area contributed by atoms with Crippen LogP contribution in [0.4, 0.5) is 5.69 Å². The average Bonchev–Trinajstić information content (AvgIpc) is 2.56. The third-order valence-corrected chi connectivity index (χ3v) is 5.80. The van der Waals surface area contributed by atoms with E-state index in [1.165, 1.54) is 19.2 Å². The number of sulfonamides is 1. The van der Waals surface area contributed by atoms with Gasteiger partial charge in [-0.3, -0.25) is 9.10 Å². The SMILES string of the molecule is CN1C(C(=O)Nc2ccccc2Cl)=C(O)c2ccccc2S1(=O)=O. The number of anilines is 1. The van der Waals surface area contributed by atoms with E-state index in [0.29, 0.717) is 10.7 Å². The second-order valence-corrected chi connectivity index (χ2v) is 7.44. The van der Waals surface area contributed by atoms with Crippen LogP contribution < -0.4 is 5.32 Å². The number of benzene rings is 2. The lowest BCUT2D eigenvalue weighted by Crippen LogP contribution is -2.37. The molecular weight excluding hydrogens is 352 g/mol. The number of amides is 1. The molecular formula is C16H13ClN2O4S. The number of hydrogen-bond donors (Lipinski definition) is 2. The number of aliphatic hydroxyl groups excluding tert-OH is 1. The molecule has 8 heteroatoms. The summed E-state index contributed by atoms with van der Waals surface area (Å²) in [7, 11) is -2.72. The number of nitrogens with zero attached hydrogens (tertiary/aromatic N) is 1. The number of para-hydroxylation sites is 1. The zero-order valence-corrected chi connectivity index (χ0v) is 14.1. The van der Waals surface area contributed by atoms with Crippen LogP contribution in [0.15, 0.2) is 59.1 Å². The number of carbonyl (C=O) groups excluding carboxylic acids is 1. The Morgan fingerprint density at radius 1 is 1.12 bits per heavy atom. The van der Waals surface area contributed by atoms with Crippen LogP contribution in [0.25, 0.3) is 5.76 Å². The minimum Gasteiger partial charge on any atom is -0.505 e. The third kappa shape index (κ3) is 2.51. The number of carbonyl (C=O) groups is 1. The summed E-state index contributed by atoms with van der Waals surface area (Å²) in [5.74, 6) is -1.19. The van der Waals surface area contributed by atoms with Gasteiger partial charge in [0.05, 0.1) is 15.6 Å². The van der Waals surface area contributed by atoms with Gasteiger partial charge in [0.25, 0.3) is 15.9 Å². The first kappa shape index (κ1) is 16.4. The van der Waals surface area contributed by atoms with Gasteiger partial charge in [0.2, 0.25) is 0 Å². The monoisotopic (exact) mass is 364 g/mol. The van der Waals surface area contributed by atoms with Crippen molar-refractivity contribution in [3.63, 3.8) is 0 Å². The van der Waals surface area contributed by atoms with E-state index >= 15 is 0 Å². The molecule has 0 atom stereocenters. The average molecular weight is 365 g/mol. The minimum absolute atomic E-state index is 0.0562. The zero-order valence-electron chi connectivity index (χ0n) is 12.5. The van der Waals surface area contributed by atoms with Gasteiger partial charge in [-0.05, 0) is 24.3 Å². The van der Waals surface area contributed by atoms with Gasteiger partial charge in [0, 0.05) is 12.6 Å². The Bertz CT molecular complexity index is 970. The van der Waals surface area contributed by atoms with Gasteiger partial charge in [0.15, 0.2) is 11.5 Å². The van der Waals surface area contributed by atoms with Crippen LogP contribution in [0.1, 0.15) is 5.56 Å². The van der Waals surface area contributed by atoms with Crippen LogP contribution in [0, 0.1) is 0 Å². The number of fused-ring (bicyclic) bond motifs is 1. The molecule has 6 nitrogen and oxygen atoms in total. The number of rotatable bonds is 2. The molecule has 124 valence electrons. The summed E-state index contributed by atoms with van der Waals surface area (Å²) in [4.78, 5) is 12.5. The largest absolute Gasteiger partial charge is 0.505 e.